The molecule has 0 aliphatic carbocycles. The smallest absolute Gasteiger partial charge is 0.354 e. The van der Waals surface area contributed by atoms with Gasteiger partial charge < -0.3 is 10.4 Å². The van der Waals surface area contributed by atoms with Crippen LogP contribution in [0.4, 0.5) is 0 Å². The number of carbonyl (C=O) groups excluding carboxylic acids is 2. The largest absolute Gasteiger partial charge is 0.477 e. The molecular formula is C27H28ClN3O6S. The van der Waals surface area contributed by atoms with Crippen molar-refractivity contribution < 1.29 is 27.9 Å². The lowest BCUT2D eigenvalue weighted by atomic mass is 10.0. The van der Waals surface area contributed by atoms with Crippen LogP contribution in [0.3, 0.4) is 0 Å². The van der Waals surface area contributed by atoms with E-state index in [1.54, 1.807) is 12.1 Å². The van der Waals surface area contributed by atoms with Gasteiger partial charge in [-0.25, -0.2) is 22.9 Å². The standard InChI is InChI=1S/C27H28ClN3O6S/c1-2-3-4-5-20-16-21(17-30-24(20)27(34)35)26(33)31-38(36,37)23-12-8-19(9-13-23)25(32)29-15-14-18-6-10-22(28)11-7-18/h6-13,16-17H,2-5,14-15H2,1H3,(H,29,32)(H,31,33)(H,34,35). The van der Waals surface area contributed by atoms with E-state index in [-0.39, 0.29) is 27.6 Å². The van der Waals surface area contributed by atoms with Gasteiger partial charge in [0.1, 0.15) is 0 Å². The van der Waals surface area contributed by atoms with Crippen LogP contribution in [0.2, 0.25) is 5.02 Å². The minimum absolute atomic E-state index is 0.0678. The third-order valence-corrected chi connectivity index (χ3v) is 7.35. The topological polar surface area (TPSA) is 143 Å². The first-order valence-electron chi connectivity index (χ1n) is 12.0. The highest BCUT2D eigenvalue weighted by Crippen LogP contribution is 2.16. The van der Waals surface area contributed by atoms with Gasteiger partial charge in [0.25, 0.3) is 21.8 Å². The number of benzene rings is 2. The van der Waals surface area contributed by atoms with Gasteiger partial charge in [0, 0.05) is 23.3 Å². The van der Waals surface area contributed by atoms with Crippen LogP contribution in [0.5, 0.6) is 0 Å². The fourth-order valence-corrected chi connectivity index (χ4v) is 4.78. The Hall–Kier alpha value is -3.76. The molecule has 200 valence electrons. The Bertz CT molecular complexity index is 1410. The Morgan fingerprint density at radius 1 is 0.921 bits per heavy atom. The van der Waals surface area contributed by atoms with Gasteiger partial charge in [-0.3, -0.25) is 9.59 Å². The van der Waals surface area contributed by atoms with Crippen LogP contribution >= 0.6 is 11.6 Å². The van der Waals surface area contributed by atoms with E-state index in [9.17, 15) is 27.9 Å². The molecule has 0 aliphatic heterocycles. The van der Waals surface area contributed by atoms with E-state index in [4.69, 9.17) is 11.6 Å². The summed E-state index contributed by atoms with van der Waals surface area (Å²) in [4.78, 5) is 40.2. The maximum absolute atomic E-state index is 12.8. The number of amides is 2. The summed E-state index contributed by atoms with van der Waals surface area (Å²) in [6, 6.07) is 13.8. The molecular weight excluding hydrogens is 530 g/mol. The summed E-state index contributed by atoms with van der Waals surface area (Å²) in [6.07, 6.45) is 4.56. The summed E-state index contributed by atoms with van der Waals surface area (Å²) in [5, 5.41) is 12.8. The van der Waals surface area contributed by atoms with Crippen molar-refractivity contribution in [1.82, 2.24) is 15.0 Å². The van der Waals surface area contributed by atoms with Crippen molar-refractivity contribution in [2.75, 3.05) is 6.54 Å². The van der Waals surface area contributed by atoms with Gasteiger partial charge >= 0.3 is 5.97 Å². The monoisotopic (exact) mass is 557 g/mol. The molecule has 2 amide bonds. The number of sulfonamides is 1. The zero-order valence-electron chi connectivity index (χ0n) is 20.7. The van der Waals surface area contributed by atoms with E-state index >= 15 is 0 Å². The minimum atomic E-state index is -4.25. The molecule has 11 heteroatoms. The molecule has 0 radical (unpaired) electrons. The van der Waals surface area contributed by atoms with Crippen molar-refractivity contribution in [2.45, 2.75) is 43.9 Å². The summed E-state index contributed by atoms with van der Waals surface area (Å²) in [5.74, 6) is -2.52. The number of unbranched alkanes of at least 4 members (excludes halogenated alkanes) is 2. The molecule has 3 aromatic rings. The molecule has 3 N–H and O–H groups in total. The van der Waals surface area contributed by atoms with Gasteiger partial charge in [-0.15, -0.1) is 0 Å². The van der Waals surface area contributed by atoms with Gasteiger partial charge in [0.15, 0.2) is 5.69 Å². The van der Waals surface area contributed by atoms with Gasteiger partial charge in [-0.05, 0) is 72.9 Å². The maximum atomic E-state index is 12.8. The fraction of sp³-hybridized carbons (Fsp3) is 0.259. The number of hydrogen-bond donors (Lipinski definition) is 3. The highest BCUT2D eigenvalue weighted by Gasteiger charge is 2.21. The van der Waals surface area contributed by atoms with Gasteiger partial charge in [-0.1, -0.05) is 43.5 Å². The van der Waals surface area contributed by atoms with Crippen LogP contribution in [0.15, 0.2) is 65.7 Å². The van der Waals surface area contributed by atoms with Crippen molar-refractivity contribution in [3.05, 3.63) is 93.8 Å². The number of aromatic carboxylic acids is 1. The first-order valence-corrected chi connectivity index (χ1v) is 13.9. The average molecular weight is 558 g/mol. The lowest BCUT2D eigenvalue weighted by Gasteiger charge is -2.10. The SMILES string of the molecule is CCCCCc1cc(C(=O)NS(=O)(=O)c2ccc(C(=O)NCCc3ccc(Cl)cc3)cc2)cnc1C(=O)O. The van der Waals surface area contributed by atoms with E-state index in [0.29, 0.717) is 36.4 Å². The van der Waals surface area contributed by atoms with Crippen LogP contribution in [0, 0.1) is 0 Å². The second-order valence-corrected chi connectivity index (χ2v) is 10.7. The Labute approximate surface area is 226 Å². The average Bonchev–Trinajstić information content (AvgIpc) is 2.89. The van der Waals surface area contributed by atoms with Crippen LogP contribution < -0.4 is 10.0 Å². The fourth-order valence-electron chi connectivity index (χ4n) is 3.68. The number of nitrogens with one attached hydrogen (secondary N) is 2. The molecule has 0 saturated carbocycles. The molecule has 3 rings (SSSR count). The third kappa shape index (κ3) is 7.87. The summed E-state index contributed by atoms with van der Waals surface area (Å²) in [7, 11) is -4.25. The Morgan fingerprint density at radius 2 is 1.61 bits per heavy atom. The molecule has 0 bridgehead atoms. The molecule has 0 spiro atoms. The predicted octanol–water partition coefficient (Wildman–Crippen LogP) is 4.26. The zero-order chi connectivity index (χ0) is 27.7. The second-order valence-electron chi connectivity index (χ2n) is 8.59. The van der Waals surface area contributed by atoms with E-state index < -0.39 is 21.9 Å². The molecule has 0 fully saturated rings. The highest BCUT2D eigenvalue weighted by atomic mass is 35.5. The summed E-state index contributed by atoms with van der Waals surface area (Å²) >= 11 is 5.87. The predicted molar refractivity (Wildman–Crippen MR) is 143 cm³/mol. The molecule has 1 heterocycles. The van der Waals surface area contributed by atoms with Crippen molar-refractivity contribution >= 4 is 39.4 Å². The number of halogens is 1. The molecule has 0 aliphatic rings. The third-order valence-electron chi connectivity index (χ3n) is 5.75. The van der Waals surface area contributed by atoms with Crippen molar-refractivity contribution in [3.8, 4) is 0 Å². The van der Waals surface area contributed by atoms with E-state index in [1.807, 2.05) is 23.8 Å². The number of carboxylic acids is 1. The lowest BCUT2D eigenvalue weighted by molar-refractivity contribution is 0.0688. The maximum Gasteiger partial charge on any atom is 0.354 e. The molecule has 38 heavy (non-hydrogen) atoms. The second kappa shape index (κ2) is 13.2. The normalized spacial score (nSPS) is 11.1. The molecule has 1 aromatic heterocycles. The lowest BCUT2D eigenvalue weighted by Crippen LogP contribution is -2.31. The Kier molecular flexibility index (Phi) is 9.98. The quantitative estimate of drug-likeness (QED) is 0.282. The highest BCUT2D eigenvalue weighted by molar-refractivity contribution is 7.90. The minimum Gasteiger partial charge on any atom is -0.477 e. The molecule has 2 aromatic carbocycles. The Balaban J connectivity index is 1.64. The number of carboxylic acid groups (broad SMARTS) is 1. The number of nitrogens with zero attached hydrogens (tertiary/aromatic N) is 1. The summed E-state index contributed by atoms with van der Waals surface area (Å²) in [6.45, 7) is 2.39. The Morgan fingerprint density at radius 3 is 2.24 bits per heavy atom. The number of hydrogen-bond acceptors (Lipinski definition) is 6. The summed E-state index contributed by atoms with van der Waals surface area (Å²) in [5.41, 5.74) is 1.40. The van der Waals surface area contributed by atoms with E-state index in [0.717, 1.165) is 24.6 Å². The first-order chi connectivity index (χ1) is 18.1. The van der Waals surface area contributed by atoms with Crippen LogP contribution in [-0.4, -0.2) is 42.8 Å². The van der Waals surface area contributed by atoms with Crippen LogP contribution in [0.25, 0.3) is 0 Å². The summed E-state index contributed by atoms with van der Waals surface area (Å²) < 4.78 is 27.5. The molecule has 9 nitrogen and oxygen atoms in total. The van der Waals surface area contributed by atoms with E-state index in [2.05, 4.69) is 10.3 Å². The van der Waals surface area contributed by atoms with Gasteiger partial charge in [-0.2, -0.15) is 0 Å². The first kappa shape index (κ1) is 28.8. The van der Waals surface area contributed by atoms with E-state index in [1.165, 1.54) is 30.3 Å². The zero-order valence-corrected chi connectivity index (χ0v) is 22.3. The van der Waals surface area contributed by atoms with Crippen molar-refractivity contribution in [3.63, 3.8) is 0 Å². The number of aromatic nitrogens is 1. The van der Waals surface area contributed by atoms with Crippen molar-refractivity contribution in [2.24, 2.45) is 0 Å². The number of pyridine rings is 1. The number of carbonyl (C=O) groups is 3. The van der Waals surface area contributed by atoms with Gasteiger partial charge in [0.05, 0.1) is 10.5 Å². The van der Waals surface area contributed by atoms with Gasteiger partial charge in [0.2, 0.25) is 0 Å². The van der Waals surface area contributed by atoms with Crippen LogP contribution in [0.1, 0.15) is 68.5 Å². The van der Waals surface area contributed by atoms with Crippen molar-refractivity contribution in [1.29, 1.82) is 0 Å². The number of aryl methyl sites for hydroxylation is 1. The van der Waals surface area contributed by atoms with Crippen LogP contribution in [-0.2, 0) is 22.9 Å². The number of rotatable bonds is 12. The molecule has 0 saturated heterocycles. The molecule has 0 unspecified atom stereocenters. The molecule has 0 atom stereocenters.